The van der Waals surface area contributed by atoms with Crippen molar-refractivity contribution in [3.63, 3.8) is 0 Å². The van der Waals surface area contributed by atoms with Crippen LogP contribution in [-0.4, -0.2) is 45.6 Å². The molecule has 0 fully saturated rings. The van der Waals surface area contributed by atoms with Gasteiger partial charge in [0, 0.05) is 6.08 Å². The van der Waals surface area contributed by atoms with E-state index in [4.69, 9.17) is 20.4 Å². The molecule has 0 aromatic heterocycles. The van der Waals surface area contributed by atoms with E-state index in [2.05, 4.69) is 11.3 Å². The van der Waals surface area contributed by atoms with Crippen LogP contribution in [0, 0.1) is 0 Å². The zero-order valence-corrected chi connectivity index (χ0v) is 14.1. The van der Waals surface area contributed by atoms with Crippen LogP contribution in [0.4, 0.5) is 0 Å². The van der Waals surface area contributed by atoms with Gasteiger partial charge in [0.1, 0.15) is 6.61 Å². The van der Waals surface area contributed by atoms with Gasteiger partial charge in [-0.3, -0.25) is 4.79 Å². The van der Waals surface area contributed by atoms with Crippen molar-refractivity contribution in [2.75, 3.05) is 13.2 Å². The molecule has 0 aliphatic rings. The van der Waals surface area contributed by atoms with Gasteiger partial charge in [-0.1, -0.05) is 49.0 Å². The Balaban J connectivity index is 0.000000365. The number of aromatic hydroxyl groups is 2. The van der Waals surface area contributed by atoms with Crippen molar-refractivity contribution in [2.45, 2.75) is 6.42 Å². The van der Waals surface area contributed by atoms with Crippen molar-refractivity contribution in [2.24, 2.45) is 0 Å². The molecule has 0 unspecified atom stereocenters. The number of aliphatic hydroxyl groups is 1. The number of aliphatic carboxylic acids is 1. The molecule has 0 heterocycles. The van der Waals surface area contributed by atoms with E-state index in [1.54, 1.807) is 24.3 Å². The Morgan fingerprint density at radius 1 is 0.962 bits per heavy atom. The highest BCUT2D eigenvalue weighted by Gasteiger charge is 1.96. The lowest BCUT2D eigenvalue weighted by Crippen LogP contribution is -2.04. The molecule has 2 aromatic carbocycles. The van der Waals surface area contributed by atoms with Gasteiger partial charge >= 0.3 is 11.9 Å². The van der Waals surface area contributed by atoms with Crippen LogP contribution in [0.2, 0.25) is 0 Å². The lowest BCUT2D eigenvalue weighted by molar-refractivity contribution is -0.139. The van der Waals surface area contributed by atoms with Gasteiger partial charge in [-0.05, 0) is 17.7 Å². The highest BCUT2D eigenvalue weighted by molar-refractivity contribution is 5.81. The van der Waals surface area contributed by atoms with E-state index in [0.29, 0.717) is 0 Å². The number of para-hydroxylation sites is 2. The summed E-state index contributed by atoms with van der Waals surface area (Å²) < 4.78 is 4.33. The first-order valence-corrected chi connectivity index (χ1v) is 7.53. The van der Waals surface area contributed by atoms with Gasteiger partial charge in [0.2, 0.25) is 0 Å². The average Bonchev–Trinajstić information content (AvgIpc) is 2.63. The molecule has 4 N–H and O–H groups in total. The molecule has 2 rings (SSSR count). The van der Waals surface area contributed by atoms with Crippen LogP contribution >= 0.6 is 0 Å². The molecular formula is C19H22O7. The largest absolute Gasteiger partial charge is 0.504 e. The summed E-state index contributed by atoms with van der Waals surface area (Å²) in [6.07, 6.45) is 1.16. The van der Waals surface area contributed by atoms with E-state index in [1.165, 1.54) is 12.1 Å². The topological polar surface area (TPSA) is 124 Å². The maximum absolute atomic E-state index is 10.2. The standard InChI is InChI=1S/C8H8O2.C6H6O2.C5H8O3/c9-8(10)6-7-4-2-1-3-5-7;7-5-3-1-2-4-6(5)8;1-2-5(7)8-4-3-6/h1-5H,6H2,(H,9,10);1-4,7-8H;2,6H,1,3-4H2. The molecule has 26 heavy (non-hydrogen) atoms. The fourth-order valence-corrected chi connectivity index (χ4v) is 1.44. The zero-order chi connectivity index (χ0) is 19.8. The Kier molecular flexibility index (Phi) is 12.3. The summed E-state index contributed by atoms with van der Waals surface area (Å²) in [5.74, 6) is -1.44. The minimum Gasteiger partial charge on any atom is -0.504 e. The fourth-order valence-electron chi connectivity index (χ4n) is 1.44. The third kappa shape index (κ3) is 12.1. The third-order valence-electron chi connectivity index (χ3n) is 2.58. The lowest BCUT2D eigenvalue weighted by Gasteiger charge is -1.94. The van der Waals surface area contributed by atoms with Crippen LogP contribution in [0.3, 0.4) is 0 Å². The van der Waals surface area contributed by atoms with Crippen molar-refractivity contribution < 1.29 is 34.8 Å². The Labute approximate surface area is 151 Å². The summed E-state index contributed by atoms with van der Waals surface area (Å²) in [7, 11) is 0. The highest BCUT2D eigenvalue weighted by atomic mass is 16.5. The number of benzene rings is 2. The first-order chi connectivity index (χ1) is 12.4. The van der Waals surface area contributed by atoms with Gasteiger partial charge in [-0.25, -0.2) is 4.79 Å². The Morgan fingerprint density at radius 2 is 1.46 bits per heavy atom. The van der Waals surface area contributed by atoms with E-state index >= 15 is 0 Å². The maximum atomic E-state index is 10.2. The Bertz CT molecular complexity index is 648. The SMILES string of the molecule is C=CC(=O)OCCO.O=C(O)Cc1ccccc1.Oc1ccccc1O. The van der Waals surface area contributed by atoms with Crippen molar-refractivity contribution in [1.82, 2.24) is 0 Å². The number of hydrogen-bond acceptors (Lipinski definition) is 6. The molecule has 0 saturated heterocycles. The molecular weight excluding hydrogens is 340 g/mol. The Hall–Kier alpha value is -3.32. The molecule has 2 aromatic rings. The number of hydrogen-bond donors (Lipinski definition) is 4. The predicted molar refractivity (Wildman–Crippen MR) is 95.8 cm³/mol. The number of carboxylic acid groups (broad SMARTS) is 1. The molecule has 0 amide bonds. The van der Waals surface area contributed by atoms with Gasteiger partial charge in [-0.15, -0.1) is 0 Å². The average molecular weight is 362 g/mol. The summed E-state index contributed by atoms with van der Waals surface area (Å²) in [6.45, 7) is 3.06. The second kappa shape index (κ2) is 14.1. The van der Waals surface area contributed by atoms with Gasteiger partial charge < -0.3 is 25.2 Å². The monoisotopic (exact) mass is 362 g/mol. The summed E-state index contributed by atoms with van der Waals surface area (Å²) in [5, 5.41) is 33.8. The second-order valence-corrected chi connectivity index (χ2v) is 4.64. The van der Waals surface area contributed by atoms with Gasteiger partial charge in [0.05, 0.1) is 13.0 Å². The minimum atomic E-state index is -0.786. The van der Waals surface area contributed by atoms with Gasteiger partial charge in [-0.2, -0.15) is 0 Å². The zero-order valence-electron chi connectivity index (χ0n) is 14.1. The van der Waals surface area contributed by atoms with Crippen molar-refractivity contribution in [3.05, 3.63) is 72.8 Å². The van der Waals surface area contributed by atoms with Crippen LogP contribution in [0.1, 0.15) is 5.56 Å². The van der Waals surface area contributed by atoms with E-state index in [-0.39, 0.29) is 31.1 Å². The normalized spacial score (nSPS) is 8.81. The molecule has 7 heteroatoms. The number of carbonyl (C=O) groups is 2. The van der Waals surface area contributed by atoms with Gasteiger partial charge in [0.25, 0.3) is 0 Å². The molecule has 0 aliphatic heterocycles. The highest BCUT2D eigenvalue weighted by Crippen LogP contribution is 2.21. The number of ether oxygens (including phenoxy) is 1. The van der Waals surface area contributed by atoms with Gasteiger partial charge in [0.15, 0.2) is 11.5 Å². The predicted octanol–water partition coefficient (Wildman–Crippen LogP) is 2.12. The molecule has 0 bridgehead atoms. The number of carboxylic acids is 1. The first-order valence-electron chi connectivity index (χ1n) is 7.53. The lowest BCUT2D eigenvalue weighted by atomic mass is 10.2. The quantitative estimate of drug-likeness (QED) is 0.365. The van der Waals surface area contributed by atoms with Crippen LogP contribution in [0.15, 0.2) is 67.3 Å². The number of carbonyl (C=O) groups excluding carboxylic acids is 1. The van der Waals surface area contributed by atoms with Crippen LogP contribution in [0.25, 0.3) is 0 Å². The number of rotatable bonds is 5. The van der Waals surface area contributed by atoms with E-state index in [9.17, 15) is 9.59 Å². The number of esters is 1. The van der Waals surface area contributed by atoms with Crippen molar-refractivity contribution >= 4 is 11.9 Å². The number of phenolic OH excluding ortho intramolecular Hbond substituents is 2. The number of phenols is 2. The minimum absolute atomic E-state index is 0.0465. The summed E-state index contributed by atoms with van der Waals surface area (Å²) >= 11 is 0. The van der Waals surface area contributed by atoms with E-state index < -0.39 is 11.9 Å². The smallest absolute Gasteiger partial charge is 0.330 e. The second-order valence-electron chi connectivity index (χ2n) is 4.64. The summed E-state index contributed by atoms with van der Waals surface area (Å²) in [4.78, 5) is 20.3. The van der Waals surface area contributed by atoms with Crippen LogP contribution < -0.4 is 0 Å². The van der Waals surface area contributed by atoms with Crippen molar-refractivity contribution in [1.29, 1.82) is 0 Å². The molecule has 0 atom stereocenters. The molecule has 0 spiro atoms. The first kappa shape index (κ1) is 22.7. The third-order valence-corrected chi connectivity index (χ3v) is 2.58. The fraction of sp³-hybridized carbons (Fsp3) is 0.158. The summed E-state index contributed by atoms with van der Waals surface area (Å²) in [5.41, 5.74) is 0.843. The van der Waals surface area contributed by atoms with E-state index in [0.717, 1.165) is 11.6 Å². The molecule has 0 radical (unpaired) electrons. The van der Waals surface area contributed by atoms with Crippen LogP contribution in [0.5, 0.6) is 11.5 Å². The Morgan fingerprint density at radius 3 is 1.85 bits per heavy atom. The van der Waals surface area contributed by atoms with Crippen LogP contribution in [-0.2, 0) is 20.7 Å². The maximum Gasteiger partial charge on any atom is 0.330 e. The molecule has 140 valence electrons. The molecule has 0 aliphatic carbocycles. The number of aliphatic hydroxyl groups excluding tert-OH is 1. The van der Waals surface area contributed by atoms with Crippen molar-refractivity contribution in [3.8, 4) is 11.5 Å². The molecule has 7 nitrogen and oxygen atoms in total. The summed E-state index contributed by atoms with van der Waals surface area (Å²) in [6, 6.07) is 15.3. The molecule has 0 saturated carbocycles. The van der Waals surface area contributed by atoms with E-state index in [1.807, 2.05) is 18.2 Å².